The van der Waals surface area contributed by atoms with E-state index in [1.807, 2.05) is 36.1 Å². The van der Waals surface area contributed by atoms with Crippen LogP contribution in [0.25, 0.3) is 0 Å². The fraction of sp³-hybridized carbons (Fsp3) is 0.636. The molecule has 1 aromatic rings. The van der Waals surface area contributed by atoms with Crippen molar-refractivity contribution in [2.75, 3.05) is 43.6 Å². The first kappa shape index (κ1) is 13.5. The summed E-state index contributed by atoms with van der Waals surface area (Å²) in [6.45, 7) is 2.57. The Kier molecular flexibility index (Phi) is 4.71. The van der Waals surface area contributed by atoms with Gasteiger partial charge in [0.15, 0.2) is 11.1 Å². The lowest BCUT2D eigenvalue weighted by molar-refractivity contribution is 0.455. The molecule has 18 heavy (non-hydrogen) atoms. The molecule has 0 bridgehead atoms. The van der Waals surface area contributed by atoms with E-state index in [0.29, 0.717) is 12.5 Å². The maximum Gasteiger partial charge on any atom is 0.191 e. The molecule has 1 aliphatic rings. The average Bonchev–Trinajstić information content (AvgIpc) is 2.86. The zero-order chi connectivity index (χ0) is 13.0. The van der Waals surface area contributed by atoms with Crippen molar-refractivity contribution < 1.29 is 0 Å². The second kappa shape index (κ2) is 6.29. The molecule has 0 aliphatic carbocycles. The third-order valence-electron chi connectivity index (χ3n) is 2.66. The largest absolute Gasteiger partial charge is 0.370 e. The molecule has 0 saturated carbocycles. The quantitative estimate of drug-likeness (QED) is 0.665. The minimum absolute atomic E-state index is 0.569. The summed E-state index contributed by atoms with van der Waals surface area (Å²) in [5, 5.41) is 3.05. The van der Waals surface area contributed by atoms with E-state index >= 15 is 0 Å². The molecule has 0 unspecified atom stereocenters. The van der Waals surface area contributed by atoms with E-state index in [1.54, 1.807) is 11.3 Å². The van der Waals surface area contributed by atoms with E-state index < -0.39 is 0 Å². The third-order valence-corrected chi connectivity index (χ3v) is 4.66. The first-order valence-corrected chi connectivity index (χ1v) is 7.94. The van der Waals surface area contributed by atoms with Crippen molar-refractivity contribution in [2.45, 2.75) is 6.54 Å². The second-order valence-corrected chi connectivity index (χ2v) is 6.35. The van der Waals surface area contributed by atoms with Crippen molar-refractivity contribution in [1.29, 1.82) is 0 Å². The highest BCUT2D eigenvalue weighted by atomic mass is 32.2. The zero-order valence-electron chi connectivity index (χ0n) is 10.8. The highest BCUT2D eigenvalue weighted by Gasteiger charge is 2.12. The topological polar surface area (TPSA) is 57.8 Å². The lowest BCUT2D eigenvalue weighted by Gasteiger charge is -2.27. The molecule has 7 heteroatoms. The number of nitrogens with two attached hydrogens (primary N) is 1. The standard InChI is InChI=1S/C11H19N5S2/c1-15(2)11-14-9(8-18-11)7-13-10(12)16-3-5-17-6-4-16/h8H,3-7H2,1-2H3,(H2,12,13). The highest BCUT2D eigenvalue weighted by molar-refractivity contribution is 7.99. The van der Waals surface area contributed by atoms with Crippen LogP contribution in [-0.2, 0) is 6.54 Å². The van der Waals surface area contributed by atoms with Gasteiger partial charge in [0.1, 0.15) is 0 Å². The molecule has 0 aromatic carbocycles. The van der Waals surface area contributed by atoms with Crippen molar-refractivity contribution in [3.05, 3.63) is 11.1 Å². The Morgan fingerprint density at radius 1 is 1.50 bits per heavy atom. The van der Waals surface area contributed by atoms with Gasteiger partial charge in [-0.1, -0.05) is 0 Å². The van der Waals surface area contributed by atoms with Crippen LogP contribution in [0.15, 0.2) is 10.4 Å². The number of thiazole rings is 1. The van der Waals surface area contributed by atoms with Gasteiger partial charge in [-0.2, -0.15) is 11.8 Å². The van der Waals surface area contributed by atoms with Gasteiger partial charge in [-0.15, -0.1) is 11.3 Å². The molecule has 1 aliphatic heterocycles. The van der Waals surface area contributed by atoms with E-state index in [9.17, 15) is 0 Å². The zero-order valence-corrected chi connectivity index (χ0v) is 12.4. The van der Waals surface area contributed by atoms with Gasteiger partial charge < -0.3 is 15.5 Å². The van der Waals surface area contributed by atoms with Crippen LogP contribution in [0.4, 0.5) is 5.13 Å². The second-order valence-electron chi connectivity index (χ2n) is 4.29. The molecule has 1 aromatic heterocycles. The first-order valence-electron chi connectivity index (χ1n) is 5.91. The molecule has 1 saturated heterocycles. The van der Waals surface area contributed by atoms with Crippen molar-refractivity contribution in [2.24, 2.45) is 10.7 Å². The normalized spacial score (nSPS) is 17.0. The number of anilines is 1. The average molecular weight is 285 g/mol. The van der Waals surface area contributed by atoms with Crippen molar-refractivity contribution in [3.63, 3.8) is 0 Å². The Balaban J connectivity index is 1.91. The smallest absolute Gasteiger partial charge is 0.191 e. The number of aromatic nitrogens is 1. The van der Waals surface area contributed by atoms with E-state index in [-0.39, 0.29) is 0 Å². The number of rotatable bonds is 3. The van der Waals surface area contributed by atoms with Gasteiger partial charge in [-0.3, -0.25) is 0 Å². The van der Waals surface area contributed by atoms with Crippen LogP contribution in [-0.4, -0.2) is 54.5 Å². The first-order chi connectivity index (χ1) is 8.66. The number of nitrogens with zero attached hydrogens (tertiary/aromatic N) is 4. The maximum absolute atomic E-state index is 5.99. The third kappa shape index (κ3) is 3.52. The van der Waals surface area contributed by atoms with E-state index in [2.05, 4.69) is 14.9 Å². The lowest BCUT2D eigenvalue weighted by atomic mass is 10.5. The number of aliphatic imine (C=N–C) groups is 1. The predicted octanol–water partition coefficient (Wildman–Crippen LogP) is 1.07. The monoisotopic (exact) mass is 285 g/mol. The van der Waals surface area contributed by atoms with Crippen LogP contribution in [0, 0.1) is 0 Å². The minimum Gasteiger partial charge on any atom is -0.370 e. The van der Waals surface area contributed by atoms with E-state index in [4.69, 9.17) is 5.73 Å². The maximum atomic E-state index is 5.99. The van der Waals surface area contributed by atoms with Gasteiger partial charge in [0.05, 0.1) is 12.2 Å². The van der Waals surface area contributed by atoms with Gasteiger partial charge in [-0.25, -0.2) is 9.98 Å². The molecule has 100 valence electrons. The Labute approximate surface area is 116 Å². The van der Waals surface area contributed by atoms with Crippen molar-refractivity contribution >= 4 is 34.2 Å². The lowest BCUT2D eigenvalue weighted by Crippen LogP contribution is -2.42. The summed E-state index contributed by atoms with van der Waals surface area (Å²) in [6.07, 6.45) is 0. The van der Waals surface area contributed by atoms with Crippen molar-refractivity contribution in [1.82, 2.24) is 9.88 Å². The molecule has 0 amide bonds. The van der Waals surface area contributed by atoms with Gasteiger partial charge in [0.2, 0.25) is 0 Å². The van der Waals surface area contributed by atoms with Gasteiger partial charge >= 0.3 is 0 Å². The van der Waals surface area contributed by atoms with Crippen LogP contribution in [0.5, 0.6) is 0 Å². The Hall–Kier alpha value is -0.950. The van der Waals surface area contributed by atoms with Crippen molar-refractivity contribution in [3.8, 4) is 0 Å². The minimum atomic E-state index is 0.569. The number of guanidine groups is 1. The summed E-state index contributed by atoms with van der Waals surface area (Å²) in [5.41, 5.74) is 6.98. The fourth-order valence-electron chi connectivity index (χ4n) is 1.63. The Bertz CT molecular complexity index is 409. The van der Waals surface area contributed by atoms with E-state index in [1.165, 1.54) is 0 Å². The molecule has 0 atom stereocenters. The molecule has 1 fully saturated rings. The van der Waals surface area contributed by atoms with Gasteiger partial charge in [0.25, 0.3) is 0 Å². The summed E-state index contributed by atoms with van der Waals surface area (Å²) in [4.78, 5) is 13.1. The summed E-state index contributed by atoms with van der Waals surface area (Å²) >= 11 is 3.60. The summed E-state index contributed by atoms with van der Waals surface area (Å²) in [5.74, 6) is 2.92. The molecule has 2 N–H and O–H groups in total. The highest BCUT2D eigenvalue weighted by Crippen LogP contribution is 2.18. The van der Waals surface area contributed by atoms with Crippen LogP contribution < -0.4 is 10.6 Å². The fourth-order valence-corrected chi connectivity index (χ4v) is 3.28. The summed E-state index contributed by atoms with van der Waals surface area (Å²) in [7, 11) is 3.98. The number of hydrogen-bond donors (Lipinski definition) is 1. The van der Waals surface area contributed by atoms with E-state index in [0.717, 1.165) is 35.4 Å². The molecular weight excluding hydrogens is 266 g/mol. The summed E-state index contributed by atoms with van der Waals surface area (Å²) < 4.78 is 0. The van der Waals surface area contributed by atoms with Crippen LogP contribution in [0.2, 0.25) is 0 Å². The molecule has 0 radical (unpaired) electrons. The number of thioether (sulfide) groups is 1. The van der Waals surface area contributed by atoms with Gasteiger partial charge in [0, 0.05) is 44.1 Å². The SMILES string of the molecule is CN(C)c1nc(CN=C(N)N2CCSCC2)cs1. The predicted molar refractivity (Wildman–Crippen MR) is 80.7 cm³/mol. The van der Waals surface area contributed by atoms with Crippen LogP contribution >= 0.6 is 23.1 Å². The molecule has 2 heterocycles. The van der Waals surface area contributed by atoms with Crippen LogP contribution in [0.3, 0.4) is 0 Å². The summed E-state index contributed by atoms with van der Waals surface area (Å²) in [6, 6.07) is 0. The van der Waals surface area contributed by atoms with Crippen LogP contribution in [0.1, 0.15) is 5.69 Å². The molecule has 5 nitrogen and oxygen atoms in total. The molecular formula is C11H19N5S2. The van der Waals surface area contributed by atoms with Gasteiger partial charge in [-0.05, 0) is 0 Å². The molecule has 0 spiro atoms. The Morgan fingerprint density at radius 2 is 2.22 bits per heavy atom. The molecule has 2 rings (SSSR count). The number of hydrogen-bond acceptors (Lipinski definition) is 5. The Morgan fingerprint density at radius 3 is 2.83 bits per heavy atom.